The quantitative estimate of drug-likeness (QED) is 0.326. The molecule has 7 heteroatoms. The van der Waals surface area contributed by atoms with Crippen molar-refractivity contribution >= 4 is 23.1 Å². The van der Waals surface area contributed by atoms with Crippen LogP contribution in [0.3, 0.4) is 0 Å². The average molecular weight is 501 g/mol. The normalized spacial score (nSPS) is 12.2. The van der Waals surface area contributed by atoms with Crippen LogP contribution >= 0.6 is 0 Å². The molecule has 4 rings (SSSR count). The molecule has 0 bridgehead atoms. The summed E-state index contributed by atoms with van der Waals surface area (Å²) in [6, 6.07) is 23.9. The Morgan fingerprint density at radius 2 is 1.59 bits per heavy atom. The third-order valence-corrected chi connectivity index (χ3v) is 5.87. The van der Waals surface area contributed by atoms with Crippen molar-refractivity contribution in [3.63, 3.8) is 0 Å². The molecule has 0 aliphatic carbocycles. The molecule has 7 nitrogen and oxygen atoms in total. The number of ether oxygens (including phenoxy) is 2. The molecule has 0 radical (unpaired) electrons. The van der Waals surface area contributed by atoms with E-state index < -0.39 is 23.8 Å². The summed E-state index contributed by atoms with van der Waals surface area (Å²) in [6.07, 6.45) is 1.01. The second-order valence-electron chi connectivity index (χ2n) is 9.76. The molecule has 0 aliphatic rings. The molecule has 2 N–H and O–H groups in total. The van der Waals surface area contributed by atoms with Crippen LogP contribution < -0.4 is 5.32 Å². The van der Waals surface area contributed by atoms with E-state index >= 15 is 0 Å². The van der Waals surface area contributed by atoms with Gasteiger partial charge in [-0.05, 0) is 49.9 Å². The van der Waals surface area contributed by atoms with E-state index in [2.05, 4.69) is 5.32 Å². The monoisotopic (exact) mass is 500 g/mol. The Morgan fingerprint density at radius 3 is 2.32 bits per heavy atom. The van der Waals surface area contributed by atoms with Crippen molar-refractivity contribution in [1.29, 1.82) is 0 Å². The highest BCUT2D eigenvalue weighted by Crippen LogP contribution is 2.33. The number of benzene rings is 3. The fourth-order valence-corrected chi connectivity index (χ4v) is 4.27. The summed E-state index contributed by atoms with van der Waals surface area (Å²) < 4.78 is 12.6. The fraction of sp³-hybridized carbons (Fsp3) is 0.267. The first-order valence-electron chi connectivity index (χ1n) is 12.3. The van der Waals surface area contributed by atoms with Crippen LogP contribution in [-0.4, -0.2) is 34.1 Å². The molecule has 4 aromatic rings. The number of carbonyl (C=O) groups excluding carboxylic acids is 2. The first-order chi connectivity index (χ1) is 17.8. The van der Waals surface area contributed by atoms with Gasteiger partial charge in [0.1, 0.15) is 12.2 Å². The molecule has 0 saturated carbocycles. The van der Waals surface area contributed by atoms with E-state index in [9.17, 15) is 14.7 Å². The molecule has 0 saturated heterocycles. The maximum atomic E-state index is 13.1. The lowest BCUT2D eigenvalue weighted by molar-refractivity contribution is 0.0544. The Morgan fingerprint density at radius 1 is 0.919 bits per heavy atom. The summed E-state index contributed by atoms with van der Waals surface area (Å²) in [7, 11) is 0. The van der Waals surface area contributed by atoms with Gasteiger partial charge in [0.05, 0.1) is 11.6 Å². The molecule has 1 amide bonds. The number of hydrogen-bond acceptors (Lipinski definition) is 5. The number of nitrogens with zero attached hydrogens (tertiary/aromatic N) is 1. The molecule has 1 aromatic heterocycles. The second kappa shape index (κ2) is 11.3. The van der Waals surface area contributed by atoms with Crippen molar-refractivity contribution in [3.05, 3.63) is 107 Å². The van der Waals surface area contributed by atoms with E-state index in [0.717, 1.165) is 22.1 Å². The van der Waals surface area contributed by atoms with Crippen molar-refractivity contribution in [1.82, 2.24) is 9.88 Å². The van der Waals surface area contributed by atoms with Gasteiger partial charge in [-0.1, -0.05) is 72.8 Å². The highest BCUT2D eigenvalue weighted by molar-refractivity contribution is 5.93. The number of hydrogen-bond donors (Lipinski definition) is 2. The highest BCUT2D eigenvalue weighted by Gasteiger charge is 2.27. The Hall–Kier alpha value is -4.10. The summed E-state index contributed by atoms with van der Waals surface area (Å²) in [4.78, 5) is 26.1. The summed E-state index contributed by atoms with van der Waals surface area (Å²) >= 11 is 0. The maximum Gasteiger partial charge on any atom is 0.419 e. The summed E-state index contributed by atoms with van der Waals surface area (Å²) in [5.74, 6) is 0. The summed E-state index contributed by atoms with van der Waals surface area (Å²) in [6.45, 7) is 5.53. The highest BCUT2D eigenvalue weighted by atomic mass is 16.6. The smallest absolute Gasteiger partial charge is 0.419 e. The van der Waals surface area contributed by atoms with Crippen LogP contribution in [0.2, 0.25) is 0 Å². The lowest BCUT2D eigenvalue weighted by atomic mass is 9.93. The Kier molecular flexibility index (Phi) is 7.94. The van der Waals surface area contributed by atoms with Gasteiger partial charge in [0.2, 0.25) is 0 Å². The predicted molar refractivity (Wildman–Crippen MR) is 142 cm³/mol. The molecular formula is C30H32N2O5. The molecule has 3 aromatic carbocycles. The zero-order valence-corrected chi connectivity index (χ0v) is 21.3. The fourth-order valence-electron chi connectivity index (χ4n) is 4.27. The minimum absolute atomic E-state index is 0.0398. The topological polar surface area (TPSA) is 89.8 Å². The predicted octanol–water partition coefficient (Wildman–Crippen LogP) is 5.98. The zero-order chi connectivity index (χ0) is 26.4. The Labute approximate surface area is 216 Å². The molecule has 0 spiro atoms. The van der Waals surface area contributed by atoms with Crippen LogP contribution in [-0.2, 0) is 22.5 Å². The number of alkyl carbamates (subject to hydrolysis) is 1. The van der Waals surface area contributed by atoms with E-state index in [1.165, 1.54) is 4.57 Å². The number of nitrogens with one attached hydrogen (secondary N) is 1. The summed E-state index contributed by atoms with van der Waals surface area (Å²) in [5.41, 5.74) is 3.26. The number of aliphatic hydroxyl groups excluding tert-OH is 1. The first kappa shape index (κ1) is 26.0. The van der Waals surface area contributed by atoms with Crippen molar-refractivity contribution < 1.29 is 24.2 Å². The number of carbonyl (C=O) groups is 2. The van der Waals surface area contributed by atoms with Gasteiger partial charge < -0.3 is 19.9 Å². The number of para-hydroxylation sites is 1. The third-order valence-electron chi connectivity index (χ3n) is 5.87. The van der Waals surface area contributed by atoms with Crippen LogP contribution in [0.4, 0.5) is 9.59 Å². The Bertz CT molecular complexity index is 1370. The number of fused-ring (bicyclic) bond motifs is 1. The molecular weight excluding hydrogens is 468 g/mol. The van der Waals surface area contributed by atoms with Crippen molar-refractivity contribution in [2.75, 3.05) is 6.61 Å². The zero-order valence-electron chi connectivity index (χ0n) is 21.3. The third kappa shape index (κ3) is 6.37. The van der Waals surface area contributed by atoms with E-state index in [4.69, 9.17) is 9.47 Å². The molecule has 1 atom stereocenters. The van der Waals surface area contributed by atoms with Crippen LogP contribution in [0.25, 0.3) is 10.9 Å². The molecule has 1 heterocycles. The number of amides is 1. The van der Waals surface area contributed by atoms with E-state index in [1.807, 2.05) is 99.6 Å². The molecule has 0 unspecified atom stereocenters. The molecule has 0 aliphatic heterocycles. The van der Waals surface area contributed by atoms with Crippen LogP contribution in [0.1, 0.15) is 49.1 Å². The van der Waals surface area contributed by atoms with Crippen LogP contribution in [0.5, 0.6) is 0 Å². The van der Waals surface area contributed by atoms with Gasteiger partial charge in [0, 0.05) is 23.8 Å². The van der Waals surface area contributed by atoms with Crippen molar-refractivity contribution in [3.8, 4) is 0 Å². The van der Waals surface area contributed by atoms with Gasteiger partial charge in [-0.2, -0.15) is 0 Å². The molecule has 0 fully saturated rings. The van der Waals surface area contributed by atoms with Gasteiger partial charge in [0.15, 0.2) is 0 Å². The lowest BCUT2D eigenvalue weighted by Gasteiger charge is -2.22. The minimum atomic E-state index is -0.671. The standard InChI is InChI=1S/C30H32N2O5/c1-30(2,3)37-29(35)32-19-25(24-15-9-10-16-26(24)32)27(23-14-8-7-13-22(23)17-18-33)31-28(34)36-20-21-11-5-4-6-12-21/h4-16,19,27,33H,17-18,20H2,1-3H3,(H,31,34)/t27-/m0/s1. The maximum absolute atomic E-state index is 13.1. The van der Waals surface area contributed by atoms with Gasteiger partial charge in [-0.3, -0.25) is 4.57 Å². The first-order valence-corrected chi connectivity index (χ1v) is 12.3. The van der Waals surface area contributed by atoms with Gasteiger partial charge in [-0.15, -0.1) is 0 Å². The summed E-state index contributed by atoms with van der Waals surface area (Å²) in [5, 5.41) is 13.5. The Balaban J connectivity index is 1.76. The van der Waals surface area contributed by atoms with Crippen molar-refractivity contribution in [2.45, 2.75) is 45.4 Å². The molecule has 192 valence electrons. The van der Waals surface area contributed by atoms with Gasteiger partial charge >= 0.3 is 12.2 Å². The van der Waals surface area contributed by atoms with E-state index in [1.54, 1.807) is 6.20 Å². The number of aliphatic hydroxyl groups is 1. The minimum Gasteiger partial charge on any atom is -0.445 e. The lowest BCUT2D eigenvalue weighted by Crippen LogP contribution is -2.30. The van der Waals surface area contributed by atoms with Gasteiger partial charge in [0.25, 0.3) is 0 Å². The largest absolute Gasteiger partial charge is 0.445 e. The average Bonchev–Trinajstić information content (AvgIpc) is 3.26. The molecule has 37 heavy (non-hydrogen) atoms. The van der Waals surface area contributed by atoms with E-state index in [-0.39, 0.29) is 13.2 Å². The van der Waals surface area contributed by atoms with Crippen LogP contribution in [0.15, 0.2) is 85.1 Å². The van der Waals surface area contributed by atoms with Crippen molar-refractivity contribution in [2.24, 2.45) is 0 Å². The number of aromatic nitrogens is 1. The second-order valence-corrected chi connectivity index (χ2v) is 9.76. The van der Waals surface area contributed by atoms with Crippen LogP contribution in [0, 0.1) is 0 Å². The van der Waals surface area contributed by atoms with E-state index in [0.29, 0.717) is 17.5 Å². The van der Waals surface area contributed by atoms with Gasteiger partial charge in [-0.25, -0.2) is 9.59 Å². The number of rotatable bonds is 7. The SMILES string of the molecule is CC(C)(C)OC(=O)n1cc([C@@H](NC(=O)OCc2ccccc2)c2ccccc2CCO)c2ccccc21.